The van der Waals surface area contributed by atoms with Gasteiger partial charge in [-0.25, -0.2) is 0 Å². The van der Waals surface area contributed by atoms with Crippen LogP contribution in [-0.4, -0.2) is 68.9 Å². The second-order valence-electron chi connectivity index (χ2n) is 10.1. The highest BCUT2D eigenvalue weighted by Crippen LogP contribution is 2.32. The van der Waals surface area contributed by atoms with Crippen molar-refractivity contribution in [3.05, 3.63) is 63.5 Å². The smallest absolute Gasteiger partial charge is 0.258 e. The van der Waals surface area contributed by atoms with Crippen LogP contribution in [-0.2, 0) is 6.54 Å². The standard InChI is InChI=1S/C29H37ClN4O4/c1-20(2)18-34-19-25(23-16-26(37-3)27(38-4)17-24(23)29(34)36)28(35)31-9-6-10-32-11-13-33(14-12-32)22-8-5-7-21(30)15-22/h5,7-8,15-17,19-20H,6,9-14,18H2,1-4H3,(H,31,35). The van der Waals surface area contributed by atoms with Gasteiger partial charge in [0, 0.05) is 61.6 Å². The number of fused-ring (bicyclic) bond motifs is 1. The van der Waals surface area contributed by atoms with Gasteiger partial charge >= 0.3 is 0 Å². The number of benzene rings is 2. The molecule has 0 atom stereocenters. The van der Waals surface area contributed by atoms with Gasteiger partial charge in [0.25, 0.3) is 11.5 Å². The summed E-state index contributed by atoms with van der Waals surface area (Å²) in [5, 5.41) is 4.81. The number of amides is 1. The summed E-state index contributed by atoms with van der Waals surface area (Å²) in [5.74, 6) is 0.985. The van der Waals surface area contributed by atoms with Crippen LogP contribution in [0.15, 0.2) is 47.4 Å². The zero-order valence-corrected chi connectivity index (χ0v) is 23.4. The lowest BCUT2D eigenvalue weighted by molar-refractivity contribution is 0.0952. The number of rotatable bonds is 10. The largest absolute Gasteiger partial charge is 0.493 e. The molecule has 1 saturated heterocycles. The van der Waals surface area contributed by atoms with Crippen molar-refractivity contribution in [3.63, 3.8) is 0 Å². The first-order chi connectivity index (χ1) is 18.3. The number of nitrogens with one attached hydrogen (secondary N) is 1. The van der Waals surface area contributed by atoms with Gasteiger partial charge in [0.1, 0.15) is 0 Å². The van der Waals surface area contributed by atoms with Crippen molar-refractivity contribution in [3.8, 4) is 11.5 Å². The molecule has 2 heterocycles. The van der Waals surface area contributed by atoms with E-state index in [0.29, 0.717) is 40.9 Å². The fourth-order valence-corrected chi connectivity index (χ4v) is 5.11. The second kappa shape index (κ2) is 12.5. The number of nitrogens with zero attached hydrogens (tertiary/aromatic N) is 3. The van der Waals surface area contributed by atoms with Crippen LogP contribution < -0.4 is 25.2 Å². The van der Waals surface area contributed by atoms with E-state index in [1.165, 1.54) is 14.2 Å². The first-order valence-electron chi connectivity index (χ1n) is 13.1. The Balaban J connectivity index is 1.40. The number of hydrogen-bond acceptors (Lipinski definition) is 6. The van der Waals surface area contributed by atoms with Crippen LogP contribution in [0.3, 0.4) is 0 Å². The molecule has 0 saturated carbocycles. The molecule has 3 aromatic rings. The Morgan fingerprint density at radius 1 is 1.03 bits per heavy atom. The van der Waals surface area contributed by atoms with Gasteiger partial charge < -0.3 is 24.3 Å². The molecule has 1 aromatic heterocycles. The maximum absolute atomic E-state index is 13.3. The highest BCUT2D eigenvalue weighted by molar-refractivity contribution is 6.30. The third-order valence-corrected chi connectivity index (χ3v) is 7.11. The monoisotopic (exact) mass is 540 g/mol. The molecule has 0 spiro atoms. The average Bonchev–Trinajstić information content (AvgIpc) is 2.92. The quantitative estimate of drug-likeness (QED) is 0.387. The number of piperazine rings is 1. The Labute approximate surface area is 229 Å². The second-order valence-corrected chi connectivity index (χ2v) is 10.5. The molecule has 0 unspecified atom stereocenters. The number of methoxy groups -OCH3 is 2. The maximum Gasteiger partial charge on any atom is 0.258 e. The van der Waals surface area contributed by atoms with Crippen molar-refractivity contribution in [1.29, 1.82) is 0 Å². The van der Waals surface area contributed by atoms with Crippen molar-refractivity contribution >= 4 is 34.0 Å². The van der Waals surface area contributed by atoms with Gasteiger partial charge in [0.15, 0.2) is 11.5 Å². The lowest BCUT2D eigenvalue weighted by Gasteiger charge is -2.36. The Morgan fingerprint density at radius 3 is 2.34 bits per heavy atom. The molecule has 204 valence electrons. The van der Waals surface area contributed by atoms with Crippen LogP contribution in [0.1, 0.15) is 30.6 Å². The predicted octanol–water partition coefficient (Wildman–Crippen LogP) is 4.27. The van der Waals surface area contributed by atoms with E-state index in [1.54, 1.807) is 22.9 Å². The fourth-order valence-electron chi connectivity index (χ4n) is 4.93. The van der Waals surface area contributed by atoms with Gasteiger partial charge in [-0.15, -0.1) is 0 Å². The van der Waals surface area contributed by atoms with E-state index in [9.17, 15) is 9.59 Å². The molecule has 4 rings (SSSR count). The minimum atomic E-state index is -0.203. The van der Waals surface area contributed by atoms with Gasteiger partial charge in [-0.3, -0.25) is 14.5 Å². The molecular weight excluding hydrogens is 504 g/mol. The number of anilines is 1. The molecule has 8 nitrogen and oxygen atoms in total. The summed E-state index contributed by atoms with van der Waals surface area (Å²) in [6, 6.07) is 11.3. The van der Waals surface area contributed by atoms with E-state index in [1.807, 2.05) is 32.0 Å². The van der Waals surface area contributed by atoms with E-state index in [-0.39, 0.29) is 17.4 Å². The summed E-state index contributed by atoms with van der Waals surface area (Å²) in [6.45, 7) is 9.88. The Kier molecular flexibility index (Phi) is 9.17. The summed E-state index contributed by atoms with van der Waals surface area (Å²) < 4.78 is 12.5. The van der Waals surface area contributed by atoms with Crippen LogP contribution in [0.25, 0.3) is 10.8 Å². The third kappa shape index (κ3) is 6.42. The van der Waals surface area contributed by atoms with Crippen molar-refractivity contribution in [2.45, 2.75) is 26.8 Å². The van der Waals surface area contributed by atoms with Crippen molar-refractivity contribution in [2.75, 3.05) is 58.4 Å². The SMILES string of the molecule is COc1cc2c(C(=O)NCCCN3CCN(c4cccc(Cl)c4)CC3)cn(CC(C)C)c(=O)c2cc1OC. The maximum atomic E-state index is 13.3. The molecule has 1 fully saturated rings. The number of aromatic nitrogens is 1. The third-order valence-electron chi connectivity index (χ3n) is 6.88. The Bertz CT molecular complexity index is 1330. The molecule has 1 amide bonds. The van der Waals surface area contributed by atoms with E-state index >= 15 is 0 Å². The number of halogens is 1. The van der Waals surface area contributed by atoms with Crippen molar-refractivity contribution < 1.29 is 14.3 Å². The molecule has 0 radical (unpaired) electrons. The summed E-state index contributed by atoms with van der Waals surface area (Å²) >= 11 is 6.15. The normalized spacial score (nSPS) is 14.2. The van der Waals surface area contributed by atoms with Gasteiger partial charge in [0.05, 0.1) is 25.2 Å². The van der Waals surface area contributed by atoms with Crippen LogP contribution >= 0.6 is 11.6 Å². The van der Waals surface area contributed by atoms with Gasteiger partial charge in [0.2, 0.25) is 0 Å². The summed E-state index contributed by atoms with van der Waals surface area (Å²) in [4.78, 5) is 31.3. The van der Waals surface area contributed by atoms with Gasteiger partial charge in [-0.2, -0.15) is 0 Å². The molecule has 0 aliphatic carbocycles. The van der Waals surface area contributed by atoms with Gasteiger partial charge in [-0.1, -0.05) is 31.5 Å². The molecule has 0 bridgehead atoms. The number of ether oxygens (including phenoxy) is 2. The molecule has 2 aromatic carbocycles. The zero-order chi connectivity index (χ0) is 27.2. The van der Waals surface area contributed by atoms with Crippen molar-refractivity contribution in [2.24, 2.45) is 5.92 Å². The van der Waals surface area contributed by atoms with E-state index in [2.05, 4.69) is 21.2 Å². The first-order valence-corrected chi connectivity index (χ1v) is 13.5. The van der Waals surface area contributed by atoms with Crippen LogP contribution in [0, 0.1) is 5.92 Å². The molecular formula is C29H37ClN4O4. The Morgan fingerprint density at radius 2 is 1.71 bits per heavy atom. The minimum Gasteiger partial charge on any atom is -0.493 e. The van der Waals surface area contributed by atoms with E-state index < -0.39 is 0 Å². The molecule has 1 N–H and O–H groups in total. The van der Waals surface area contributed by atoms with Crippen LogP contribution in [0.4, 0.5) is 5.69 Å². The van der Waals surface area contributed by atoms with Crippen LogP contribution in [0.5, 0.6) is 11.5 Å². The highest BCUT2D eigenvalue weighted by atomic mass is 35.5. The lowest BCUT2D eigenvalue weighted by atomic mass is 10.0. The first kappa shape index (κ1) is 27.8. The predicted molar refractivity (Wildman–Crippen MR) is 153 cm³/mol. The van der Waals surface area contributed by atoms with Crippen LogP contribution in [0.2, 0.25) is 5.02 Å². The lowest BCUT2D eigenvalue weighted by Crippen LogP contribution is -2.47. The number of carbonyl (C=O) groups is 1. The Hall–Kier alpha value is -3.23. The zero-order valence-electron chi connectivity index (χ0n) is 22.6. The highest BCUT2D eigenvalue weighted by Gasteiger charge is 2.20. The van der Waals surface area contributed by atoms with Crippen molar-refractivity contribution in [1.82, 2.24) is 14.8 Å². The summed E-state index contributed by atoms with van der Waals surface area (Å²) in [5.41, 5.74) is 1.46. The van der Waals surface area contributed by atoms with E-state index in [4.69, 9.17) is 21.1 Å². The van der Waals surface area contributed by atoms with Gasteiger partial charge in [-0.05, 0) is 49.2 Å². The minimum absolute atomic E-state index is 0.150. The van der Waals surface area contributed by atoms with E-state index in [0.717, 1.165) is 49.9 Å². The summed E-state index contributed by atoms with van der Waals surface area (Å²) in [6.07, 6.45) is 2.50. The number of pyridine rings is 1. The molecule has 1 aliphatic heterocycles. The molecule has 9 heteroatoms. The molecule has 1 aliphatic rings. The number of hydrogen-bond donors (Lipinski definition) is 1. The number of carbonyl (C=O) groups excluding carboxylic acids is 1. The average molecular weight is 541 g/mol. The fraction of sp³-hybridized carbons (Fsp3) is 0.448. The summed E-state index contributed by atoms with van der Waals surface area (Å²) in [7, 11) is 3.07. The topological polar surface area (TPSA) is 76.0 Å². The molecule has 38 heavy (non-hydrogen) atoms.